The van der Waals surface area contributed by atoms with Gasteiger partial charge < -0.3 is 10.6 Å². The summed E-state index contributed by atoms with van der Waals surface area (Å²) < 4.78 is 0.996. The van der Waals surface area contributed by atoms with Crippen molar-refractivity contribution >= 4 is 39.1 Å². The highest BCUT2D eigenvalue weighted by molar-refractivity contribution is 9.10. The SMILES string of the molecule is CCNC(=O)c1ccc(NCc2cc(Br)ccc2Cl)cc1. The number of amides is 1. The Labute approximate surface area is 137 Å². The fourth-order valence-electron chi connectivity index (χ4n) is 1.88. The van der Waals surface area contributed by atoms with Crippen molar-refractivity contribution in [2.45, 2.75) is 13.5 Å². The second-order valence-corrected chi connectivity index (χ2v) is 5.85. The lowest BCUT2D eigenvalue weighted by molar-refractivity contribution is 0.0956. The van der Waals surface area contributed by atoms with E-state index in [1.54, 1.807) is 12.1 Å². The number of anilines is 1. The number of benzene rings is 2. The Bertz CT molecular complexity index is 629. The van der Waals surface area contributed by atoms with Crippen LogP contribution in [-0.4, -0.2) is 12.5 Å². The van der Waals surface area contributed by atoms with Gasteiger partial charge in [-0.25, -0.2) is 0 Å². The highest BCUT2D eigenvalue weighted by Crippen LogP contribution is 2.22. The van der Waals surface area contributed by atoms with Crippen LogP contribution < -0.4 is 10.6 Å². The zero-order valence-corrected chi connectivity index (χ0v) is 14.0. The monoisotopic (exact) mass is 366 g/mol. The lowest BCUT2D eigenvalue weighted by Crippen LogP contribution is -2.22. The van der Waals surface area contributed by atoms with E-state index in [-0.39, 0.29) is 5.91 Å². The van der Waals surface area contributed by atoms with Crippen molar-refractivity contribution in [2.75, 3.05) is 11.9 Å². The van der Waals surface area contributed by atoms with E-state index in [0.717, 1.165) is 20.7 Å². The summed E-state index contributed by atoms with van der Waals surface area (Å²) in [4.78, 5) is 11.7. The molecule has 0 heterocycles. The largest absolute Gasteiger partial charge is 0.381 e. The van der Waals surface area contributed by atoms with Gasteiger partial charge in [-0.2, -0.15) is 0 Å². The average Bonchev–Trinajstić information content (AvgIpc) is 2.49. The van der Waals surface area contributed by atoms with Gasteiger partial charge in [-0.1, -0.05) is 27.5 Å². The molecule has 2 aromatic carbocycles. The number of nitrogens with one attached hydrogen (secondary N) is 2. The van der Waals surface area contributed by atoms with E-state index in [4.69, 9.17) is 11.6 Å². The van der Waals surface area contributed by atoms with Gasteiger partial charge in [0, 0.05) is 33.8 Å². The second kappa shape index (κ2) is 7.48. The molecule has 0 radical (unpaired) electrons. The summed E-state index contributed by atoms with van der Waals surface area (Å²) in [6, 6.07) is 13.1. The Balaban J connectivity index is 2.00. The molecular formula is C16H16BrClN2O. The van der Waals surface area contributed by atoms with Crippen molar-refractivity contribution in [1.29, 1.82) is 0 Å². The molecule has 0 spiro atoms. The highest BCUT2D eigenvalue weighted by atomic mass is 79.9. The fraction of sp³-hybridized carbons (Fsp3) is 0.188. The van der Waals surface area contributed by atoms with Crippen LogP contribution in [0.1, 0.15) is 22.8 Å². The number of carbonyl (C=O) groups is 1. The molecule has 0 aliphatic heterocycles. The summed E-state index contributed by atoms with van der Waals surface area (Å²) in [7, 11) is 0. The maximum absolute atomic E-state index is 11.7. The van der Waals surface area contributed by atoms with Crippen LogP contribution in [0.5, 0.6) is 0 Å². The number of carbonyl (C=O) groups excluding carboxylic acids is 1. The first-order valence-electron chi connectivity index (χ1n) is 6.66. The van der Waals surface area contributed by atoms with Crippen LogP contribution >= 0.6 is 27.5 Å². The molecule has 2 aromatic rings. The van der Waals surface area contributed by atoms with Gasteiger partial charge in [0.25, 0.3) is 5.91 Å². The van der Waals surface area contributed by atoms with Gasteiger partial charge in [-0.05, 0) is 55.0 Å². The average molecular weight is 368 g/mol. The van der Waals surface area contributed by atoms with Crippen molar-refractivity contribution in [3.05, 3.63) is 63.1 Å². The van der Waals surface area contributed by atoms with E-state index >= 15 is 0 Å². The fourth-order valence-corrected chi connectivity index (χ4v) is 2.47. The molecule has 0 aliphatic carbocycles. The minimum atomic E-state index is -0.0564. The third-order valence-corrected chi connectivity index (χ3v) is 3.84. The summed E-state index contributed by atoms with van der Waals surface area (Å²) >= 11 is 9.58. The molecule has 110 valence electrons. The summed E-state index contributed by atoms with van der Waals surface area (Å²) in [5, 5.41) is 6.79. The van der Waals surface area contributed by atoms with E-state index in [2.05, 4.69) is 26.6 Å². The van der Waals surface area contributed by atoms with Gasteiger partial charge in [-0.3, -0.25) is 4.79 Å². The molecule has 0 bridgehead atoms. The Morgan fingerprint density at radius 1 is 1.19 bits per heavy atom. The minimum Gasteiger partial charge on any atom is -0.381 e. The first-order valence-corrected chi connectivity index (χ1v) is 7.83. The molecule has 0 unspecified atom stereocenters. The third-order valence-electron chi connectivity index (χ3n) is 2.98. The number of hydrogen-bond donors (Lipinski definition) is 2. The first kappa shape index (κ1) is 15.9. The summed E-state index contributed by atoms with van der Waals surface area (Å²) in [5.74, 6) is -0.0564. The molecular weight excluding hydrogens is 352 g/mol. The predicted octanol–water partition coefficient (Wildman–Crippen LogP) is 4.46. The van der Waals surface area contributed by atoms with Gasteiger partial charge in [-0.15, -0.1) is 0 Å². The smallest absolute Gasteiger partial charge is 0.251 e. The van der Waals surface area contributed by atoms with Crippen LogP contribution in [0.3, 0.4) is 0 Å². The quantitative estimate of drug-likeness (QED) is 0.819. The minimum absolute atomic E-state index is 0.0564. The van der Waals surface area contributed by atoms with Gasteiger partial charge in [0.05, 0.1) is 0 Å². The van der Waals surface area contributed by atoms with E-state index in [0.29, 0.717) is 18.7 Å². The lowest BCUT2D eigenvalue weighted by atomic mass is 10.2. The Morgan fingerprint density at radius 3 is 2.57 bits per heavy atom. The normalized spacial score (nSPS) is 10.2. The Kier molecular flexibility index (Phi) is 5.65. The number of halogens is 2. The van der Waals surface area contributed by atoms with Crippen molar-refractivity contribution < 1.29 is 4.79 Å². The molecule has 0 saturated heterocycles. The summed E-state index contributed by atoms with van der Waals surface area (Å²) in [6.45, 7) is 3.15. The molecule has 0 aliphatic rings. The topological polar surface area (TPSA) is 41.1 Å². The number of hydrogen-bond acceptors (Lipinski definition) is 2. The highest BCUT2D eigenvalue weighted by Gasteiger charge is 2.04. The molecule has 2 rings (SSSR count). The van der Waals surface area contributed by atoms with E-state index in [1.165, 1.54) is 0 Å². The van der Waals surface area contributed by atoms with Crippen LogP contribution in [0.25, 0.3) is 0 Å². The van der Waals surface area contributed by atoms with Gasteiger partial charge in [0.15, 0.2) is 0 Å². The molecule has 0 fully saturated rings. The van der Waals surface area contributed by atoms with Crippen LogP contribution in [0.2, 0.25) is 5.02 Å². The van der Waals surface area contributed by atoms with Crippen LogP contribution in [0, 0.1) is 0 Å². The molecule has 0 saturated carbocycles. The zero-order valence-electron chi connectivity index (χ0n) is 11.6. The standard InChI is InChI=1S/C16H16BrClN2O/c1-2-19-16(21)11-3-6-14(7-4-11)20-10-12-9-13(17)5-8-15(12)18/h3-9,20H,2,10H2,1H3,(H,19,21). The number of rotatable bonds is 5. The molecule has 0 atom stereocenters. The Morgan fingerprint density at radius 2 is 1.90 bits per heavy atom. The van der Waals surface area contributed by atoms with Gasteiger partial charge >= 0.3 is 0 Å². The molecule has 0 aromatic heterocycles. The molecule has 1 amide bonds. The predicted molar refractivity (Wildman–Crippen MR) is 90.9 cm³/mol. The summed E-state index contributed by atoms with van der Waals surface area (Å²) in [5.41, 5.74) is 2.61. The van der Waals surface area contributed by atoms with Crippen molar-refractivity contribution in [2.24, 2.45) is 0 Å². The van der Waals surface area contributed by atoms with Crippen molar-refractivity contribution in [3.8, 4) is 0 Å². The molecule has 5 heteroatoms. The van der Waals surface area contributed by atoms with E-state index < -0.39 is 0 Å². The zero-order chi connectivity index (χ0) is 15.2. The van der Waals surface area contributed by atoms with E-state index in [1.807, 2.05) is 37.3 Å². The Hall–Kier alpha value is -1.52. The van der Waals surface area contributed by atoms with Crippen molar-refractivity contribution in [1.82, 2.24) is 5.32 Å². The van der Waals surface area contributed by atoms with Gasteiger partial charge in [0.1, 0.15) is 0 Å². The van der Waals surface area contributed by atoms with Crippen LogP contribution in [0.4, 0.5) is 5.69 Å². The summed E-state index contributed by atoms with van der Waals surface area (Å²) in [6.07, 6.45) is 0. The lowest BCUT2D eigenvalue weighted by Gasteiger charge is -2.09. The maximum atomic E-state index is 11.7. The van der Waals surface area contributed by atoms with E-state index in [9.17, 15) is 4.79 Å². The molecule has 2 N–H and O–H groups in total. The van der Waals surface area contributed by atoms with Gasteiger partial charge in [0.2, 0.25) is 0 Å². The second-order valence-electron chi connectivity index (χ2n) is 4.53. The maximum Gasteiger partial charge on any atom is 0.251 e. The van der Waals surface area contributed by atoms with Crippen molar-refractivity contribution in [3.63, 3.8) is 0 Å². The molecule has 3 nitrogen and oxygen atoms in total. The molecule has 21 heavy (non-hydrogen) atoms. The van der Waals surface area contributed by atoms with Crippen LogP contribution in [0.15, 0.2) is 46.9 Å². The third kappa shape index (κ3) is 4.48. The van der Waals surface area contributed by atoms with Crippen LogP contribution in [-0.2, 0) is 6.54 Å². The first-order chi connectivity index (χ1) is 10.1.